The van der Waals surface area contributed by atoms with Crippen LogP contribution in [0.2, 0.25) is 10.3 Å². The highest BCUT2D eigenvalue weighted by Gasteiger charge is 2.26. The van der Waals surface area contributed by atoms with Gasteiger partial charge >= 0.3 is 0 Å². The van der Waals surface area contributed by atoms with Crippen molar-refractivity contribution in [1.82, 2.24) is 9.97 Å². The van der Waals surface area contributed by atoms with Gasteiger partial charge < -0.3 is 0 Å². The minimum Gasteiger partial charge on any atom is -0.223 e. The van der Waals surface area contributed by atoms with Gasteiger partial charge in [0, 0.05) is 22.2 Å². The fraction of sp³-hybridized carbons (Fsp3) is 0.231. The summed E-state index contributed by atoms with van der Waals surface area (Å²) in [6, 6.07) is 9.62. The molecule has 1 aromatic carbocycles. The molecule has 1 aliphatic carbocycles. The Morgan fingerprint density at radius 1 is 1.06 bits per heavy atom. The lowest BCUT2D eigenvalue weighted by molar-refractivity contribution is 0.991. The second kappa shape index (κ2) is 4.28. The predicted molar refractivity (Wildman–Crippen MR) is 69.5 cm³/mol. The molecular formula is C13H10Cl2N2. The van der Waals surface area contributed by atoms with Crippen molar-refractivity contribution < 1.29 is 0 Å². The van der Waals surface area contributed by atoms with Crippen molar-refractivity contribution in [3.05, 3.63) is 46.3 Å². The molecule has 3 rings (SSSR count). The Morgan fingerprint density at radius 3 is 2.59 bits per heavy atom. The lowest BCUT2D eigenvalue weighted by atomic mass is 10.1. The Morgan fingerprint density at radius 2 is 1.88 bits per heavy atom. The number of aromatic nitrogens is 2. The van der Waals surface area contributed by atoms with Gasteiger partial charge in [-0.15, -0.1) is 0 Å². The Labute approximate surface area is 110 Å². The monoisotopic (exact) mass is 264 g/mol. The van der Waals surface area contributed by atoms with Crippen molar-refractivity contribution in [2.24, 2.45) is 0 Å². The number of benzene rings is 1. The van der Waals surface area contributed by atoms with Crippen LogP contribution >= 0.6 is 23.2 Å². The third-order valence-electron chi connectivity index (χ3n) is 2.83. The van der Waals surface area contributed by atoms with Gasteiger partial charge in [-0.1, -0.05) is 23.7 Å². The van der Waals surface area contributed by atoms with Crippen molar-refractivity contribution in [2.45, 2.75) is 18.8 Å². The first kappa shape index (κ1) is 11.0. The molecule has 0 atom stereocenters. The Balaban J connectivity index is 2.07. The first-order valence-electron chi connectivity index (χ1n) is 5.53. The maximum absolute atomic E-state index is 5.97. The molecule has 86 valence electrons. The van der Waals surface area contributed by atoms with Gasteiger partial charge in [0.1, 0.15) is 0 Å². The summed E-state index contributed by atoms with van der Waals surface area (Å²) in [7, 11) is 0. The summed E-state index contributed by atoms with van der Waals surface area (Å²) in [6.07, 6.45) is 2.39. The zero-order chi connectivity index (χ0) is 11.8. The molecule has 0 saturated heterocycles. The van der Waals surface area contributed by atoms with Gasteiger partial charge in [0.05, 0.1) is 5.69 Å². The highest BCUT2D eigenvalue weighted by molar-refractivity contribution is 6.30. The number of hydrogen-bond donors (Lipinski definition) is 0. The first-order chi connectivity index (χ1) is 8.22. The third-order valence-corrected chi connectivity index (χ3v) is 3.24. The summed E-state index contributed by atoms with van der Waals surface area (Å²) in [4.78, 5) is 8.52. The van der Waals surface area contributed by atoms with Gasteiger partial charge in [-0.05, 0) is 42.6 Å². The standard InChI is InChI=1S/C13H10Cl2N2/c14-10-3-1-2-9(6-10)12-7-11(8-4-5-8)16-13(15)17-12/h1-3,6-8H,4-5H2. The van der Waals surface area contributed by atoms with Crippen molar-refractivity contribution >= 4 is 23.2 Å². The van der Waals surface area contributed by atoms with Crippen molar-refractivity contribution in [2.75, 3.05) is 0 Å². The minimum absolute atomic E-state index is 0.310. The van der Waals surface area contributed by atoms with E-state index in [2.05, 4.69) is 9.97 Å². The van der Waals surface area contributed by atoms with Crippen LogP contribution in [0.25, 0.3) is 11.3 Å². The summed E-state index contributed by atoms with van der Waals surface area (Å²) < 4.78 is 0. The van der Waals surface area contributed by atoms with E-state index in [-0.39, 0.29) is 0 Å². The molecule has 2 aromatic rings. The molecule has 0 spiro atoms. The summed E-state index contributed by atoms with van der Waals surface area (Å²) in [6.45, 7) is 0. The molecule has 1 fully saturated rings. The Kier molecular flexibility index (Phi) is 2.77. The van der Waals surface area contributed by atoms with Gasteiger partial charge in [-0.2, -0.15) is 0 Å². The molecule has 1 saturated carbocycles. The van der Waals surface area contributed by atoms with Crippen LogP contribution in [-0.2, 0) is 0 Å². The quantitative estimate of drug-likeness (QED) is 0.755. The second-order valence-electron chi connectivity index (χ2n) is 4.23. The highest BCUT2D eigenvalue weighted by Crippen LogP contribution is 2.40. The lowest BCUT2D eigenvalue weighted by Gasteiger charge is -2.04. The summed E-state index contributed by atoms with van der Waals surface area (Å²) in [5, 5.41) is 1.01. The lowest BCUT2D eigenvalue weighted by Crippen LogP contribution is -1.93. The van der Waals surface area contributed by atoms with E-state index in [1.807, 2.05) is 30.3 Å². The normalized spacial score (nSPS) is 14.9. The zero-order valence-electron chi connectivity index (χ0n) is 9.03. The molecule has 0 aliphatic heterocycles. The van der Waals surface area contributed by atoms with Gasteiger partial charge in [-0.3, -0.25) is 0 Å². The first-order valence-corrected chi connectivity index (χ1v) is 6.28. The van der Waals surface area contributed by atoms with E-state index in [9.17, 15) is 0 Å². The molecule has 1 heterocycles. The summed E-state index contributed by atoms with van der Waals surface area (Å²) in [5.41, 5.74) is 2.86. The van der Waals surface area contributed by atoms with Crippen LogP contribution in [0.3, 0.4) is 0 Å². The molecular weight excluding hydrogens is 255 g/mol. The summed E-state index contributed by atoms with van der Waals surface area (Å²) in [5.74, 6) is 0.563. The predicted octanol–water partition coefficient (Wildman–Crippen LogP) is 4.33. The van der Waals surface area contributed by atoms with Gasteiger partial charge in [0.2, 0.25) is 5.28 Å². The summed E-state index contributed by atoms with van der Waals surface area (Å²) >= 11 is 11.9. The van der Waals surface area contributed by atoms with E-state index in [0.29, 0.717) is 16.2 Å². The van der Waals surface area contributed by atoms with Crippen LogP contribution in [-0.4, -0.2) is 9.97 Å². The van der Waals surface area contributed by atoms with Crippen LogP contribution in [0.4, 0.5) is 0 Å². The van der Waals surface area contributed by atoms with Crippen LogP contribution < -0.4 is 0 Å². The number of hydrogen-bond acceptors (Lipinski definition) is 2. The molecule has 4 heteroatoms. The molecule has 17 heavy (non-hydrogen) atoms. The molecule has 0 bridgehead atoms. The average molecular weight is 265 g/mol. The molecule has 0 unspecified atom stereocenters. The number of nitrogens with zero attached hydrogens (tertiary/aromatic N) is 2. The van der Waals surface area contributed by atoms with Gasteiger partial charge in [0.15, 0.2) is 0 Å². The van der Waals surface area contributed by atoms with E-state index >= 15 is 0 Å². The maximum Gasteiger partial charge on any atom is 0.223 e. The van der Waals surface area contributed by atoms with E-state index in [1.54, 1.807) is 0 Å². The molecule has 0 amide bonds. The topological polar surface area (TPSA) is 25.8 Å². The smallest absolute Gasteiger partial charge is 0.223 e. The van der Waals surface area contributed by atoms with Crippen molar-refractivity contribution in [1.29, 1.82) is 0 Å². The van der Waals surface area contributed by atoms with E-state index in [1.165, 1.54) is 12.8 Å². The third kappa shape index (κ3) is 2.43. The Bertz CT molecular complexity index is 565. The molecule has 0 N–H and O–H groups in total. The number of rotatable bonds is 2. The fourth-order valence-electron chi connectivity index (χ4n) is 1.82. The van der Waals surface area contributed by atoms with Crippen molar-refractivity contribution in [3.8, 4) is 11.3 Å². The Hall–Kier alpha value is -1.12. The van der Waals surface area contributed by atoms with Crippen LogP contribution in [0.1, 0.15) is 24.5 Å². The van der Waals surface area contributed by atoms with Gasteiger partial charge in [0.25, 0.3) is 0 Å². The van der Waals surface area contributed by atoms with E-state index in [0.717, 1.165) is 17.0 Å². The average Bonchev–Trinajstić information content (AvgIpc) is 3.12. The fourth-order valence-corrected chi connectivity index (χ4v) is 2.20. The number of halogens is 2. The van der Waals surface area contributed by atoms with Crippen LogP contribution in [0.5, 0.6) is 0 Å². The minimum atomic E-state index is 0.310. The van der Waals surface area contributed by atoms with Crippen LogP contribution in [0, 0.1) is 0 Å². The SMILES string of the molecule is Clc1cccc(-c2cc(C3CC3)nc(Cl)n2)c1. The largest absolute Gasteiger partial charge is 0.223 e. The van der Waals surface area contributed by atoms with E-state index in [4.69, 9.17) is 23.2 Å². The zero-order valence-corrected chi connectivity index (χ0v) is 10.5. The van der Waals surface area contributed by atoms with Gasteiger partial charge in [-0.25, -0.2) is 9.97 Å². The highest BCUT2D eigenvalue weighted by atomic mass is 35.5. The van der Waals surface area contributed by atoms with Crippen LogP contribution in [0.15, 0.2) is 30.3 Å². The second-order valence-corrected chi connectivity index (χ2v) is 5.01. The molecule has 1 aliphatic rings. The molecule has 1 aromatic heterocycles. The maximum atomic E-state index is 5.97. The molecule has 0 radical (unpaired) electrons. The van der Waals surface area contributed by atoms with E-state index < -0.39 is 0 Å². The van der Waals surface area contributed by atoms with Crippen molar-refractivity contribution in [3.63, 3.8) is 0 Å². The molecule has 2 nitrogen and oxygen atoms in total.